The van der Waals surface area contributed by atoms with Gasteiger partial charge in [-0.15, -0.1) is 0 Å². The molecule has 2 saturated heterocycles. The van der Waals surface area contributed by atoms with E-state index < -0.39 is 0 Å². The van der Waals surface area contributed by atoms with Crippen molar-refractivity contribution in [1.29, 1.82) is 0 Å². The van der Waals surface area contributed by atoms with E-state index in [1.54, 1.807) is 0 Å². The van der Waals surface area contributed by atoms with E-state index >= 15 is 0 Å². The Hall–Kier alpha value is -0.580. The van der Waals surface area contributed by atoms with Crippen LogP contribution in [0.2, 0.25) is 0 Å². The number of halogens is 1. The van der Waals surface area contributed by atoms with Gasteiger partial charge in [0.25, 0.3) is 5.91 Å². The van der Waals surface area contributed by atoms with Gasteiger partial charge in [-0.05, 0) is 37.8 Å². The van der Waals surface area contributed by atoms with E-state index in [1.165, 1.54) is 12.8 Å². The fourth-order valence-corrected chi connectivity index (χ4v) is 4.17. The van der Waals surface area contributed by atoms with Crippen molar-refractivity contribution in [1.82, 2.24) is 4.90 Å². The van der Waals surface area contributed by atoms with Gasteiger partial charge in [0.2, 0.25) is 0 Å². The highest BCUT2D eigenvalue weighted by atomic mass is 127. The minimum Gasteiger partial charge on any atom is -0.321 e. The third-order valence-electron chi connectivity index (χ3n) is 3.76. The summed E-state index contributed by atoms with van der Waals surface area (Å²) in [5.74, 6) is 0.218. The smallest absolute Gasteiger partial charge is 0.255 e. The fraction of sp³-hybridized carbons (Fsp3) is 0.462. The fourth-order valence-electron chi connectivity index (χ4n) is 2.94. The van der Waals surface area contributed by atoms with Crippen LogP contribution in [-0.4, -0.2) is 20.4 Å². The Bertz CT molecular complexity index is 409. The summed E-state index contributed by atoms with van der Waals surface area (Å²) in [4.78, 5) is 14.6. The number of amides is 1. The molecule has 0 aromatic heterocycles. The molecule has 2 aliphatic rings. The predicted molar refractivity (Wildman–Crippen MR) is 71.6 cm³/mol. The lowest BCUT2D eigenvalue weighted by Gasteiger charge is -2.29. The molecule has 16 heavy (non-hydrogen) atoms. The van der Waals surface area contributed by atoms with Crippen LogP contribution >= 0.6 is 22.6 Å². The molecule has 2 heterocycles. The van der Waals surface area contributed by atoms with Crippen molar-refractivity contribution in [3.63, 3.8) is 0 Å². The molecule has 2 bridgehead atoms. The van der Waals surface area contributed by atoms with Crippen molar-refractivity contribution >= 4 is 28.5 Å². The molecule has 1 aromatic rings. The number of hydrogen-bond acceptors (Lipinski definition) is 1. The molecule has 2 fully saturated rings. The normalized spacial score (nSPS) is 32.1. The van der Waals surface area contributed by atoms with E-state index in [9.17, 15) is 4.79 Å². The average molecular weight is 327 g/mol. The van der Waals surface area contributed by atoms with Crippen LogP contribution in [0.3, 0.4) is 0 Å². The maximum absolute atomic E-state index is 12.4. The molecule has 0 unspecified atom stereocenters. The van der Waals surface area contributed by atoms with Gasteiger partial charge in [0, 0.05) is 11.6 Å². The Labute approximate surface area is 109 Å². The number of carbonyl (C=O) groups is 1. The van der Waals surface area contributed by atoms with Crippen LogP contribution in [0.25, 0.3) is 0 Å². The summed E-state index contributed by atoms with van der Waals surface area (Å²) in [7, 11) is 0. The summed E-state index contributed by atoms with van der Waals surface area (Å²) in [6.07, 6.45) is 4.69. The monoisotopic (exact) mass is 327 g/mol. The van der Waals surface area contributed by atoms with Crippen LogP contribution < -0.4 is 0 Å². The summed E-state index contributed by atoms with van der Waals surface area (Å²) >= 11 is 2.48. The molecule has 3 rings (SSSR count). The molecule has 0 saturated carbocycles. The van der Waals surface area contributed by atoms with Gasteiger partial charge in [-0.3, -0.25) is 4.79 Å². The topological polar surface area (TPSA) is 20.3 Å². The number of fused-ring (bicyclic) bond motifs is 2. The standard InChI is InChI=1S/C13H14INO/c14-13-8-6-11(7-9-13)15(13)12(16)10-4-2-1-3-5-10/h1-5,11H,6-9H2. The number of benzene rings is 1. The Morgan fingerprint density at radius 3 is 2.38 bits per heavy atom. The average Bonchev–Trinajstić information content (AvgIpc) is 2.81. The van der Waals surface area contributed by atoms with Crippen LogP contribution in [0.5, 0.6) is 0 Å². The molecule has 0 N–H and O–H groups in total. The zero-order valence-corrected chi connectivity index (χ0v) is 11.2. The maximum Gasteiger partial charge on any atom is 0.255 e. The van der Waals surface area contributed by atoms with E-state index in [0.717, 1.165) is 18.4 Å². The third-order valence-corrected chi connectivity index (χ3v) is 5.36. The first-order chi connectivity index (χ1) is 7.71. The van der Waals surface area contributed by atoms with Gasteiger partial charge in [0.15, 0.2) is 0 Å². The van der Waals surface area contributed by atoms with Gasteiger partial charge in [-0.1, -0.05) is 40.8 Å². The van der Waals surface area contributed by atoms with Crippen LogP contribution in [0, 0.1) is 0 Å². The highest BCUT2D eigenvalue weighted by Crippen LogP contribution is 2.51. The molecule has 0 radical (unpaired) electrons. The van der Waals surface area contributed by atoms with Crippen molar-refractivity contribution in [3.8, 4) is 0 Å². The second-order valence-corrected chi connectivity index (χ2v) is 6.70. The first-order valence-corrected chi connectivity index (χ1v) is 6.86. The van der Waals surface area contributed by atoms with Gasteiger partial charge in [-0.2, -0.15) is 0 Å². The van der Waals surface area contributed by atoms with E-state index in [4.69, 9.17) is 0 Å². The molecule has 84 valence electrons. The lowest BCUT2D eigenvalue weighted by atomic mass is 10.0. The highest BCUT2D eigenvalue weighted by Gasteiger charge is 2.52. The predicted octanol–water partition coefficient (Wildman–Crippen LogP) is 3.22. The Kier molecular flexibility index (Phi) is 2.46. The molecule has 2 aliphatic heterocycles. The molecule has 0 spiro atoms. The summed E-state index contributed by atoms with van der Waals surface area (Å²) in [5.41, 5.74) is 0.831. The Morgan fingerprint density at radius 2 is 1.88 bits per heavy atom. The molecule has 0 aliphatic carbocycles. The van der Waals surface area contributed by atoms with Crippen LogP contribution in [0.15, 0.2) is 30.3 Å². The zero-order chi connectivity index (χ0) is 11.2. The minimum absolute atomic E-state index is 0.106. The first kappa shape index (κ1) is 10.6. The minimum atomic E-state index is 0.106. The van der Waals surface area contributed by atoms with Crippen molar-refractivity contribution in [2.75, 3.05) is 0 Å². The lowest BCUT2D eigenvalue weighted by molar-refractivity contribution is 0.0719. The maximum atomic E-state index is 12.4. The van der Waals surface area contributed by atoms with E-state index in [0.29, 0.717) is 6.04 Å². The van der Waals surface area contributed by atoms with Crippen molar-refractivity contribution in [3.05, 3.63) is 35.9 Å². The highest BCUT2D eigenvalue weighted by molar-refractivity contribution is 14.1. The Balaban J connectivity index is 1.92. The molecule has 3 heteroatoms. The van der Waals surface area contributed by atoms with E-state index in [1.807, 2.05) is 30.3 Å². The first-order valence-electron chi connectivity index (χ1n) is 5.78. The number of rotatable bonds is 1. The van der Waals surface area contributed by atoms with Gasteiger partial charge in [0.1, 0.15) is 0 Å². The molecule has 1 aromatic carbocycles. The second kappa shape index (κ2) is 3.72. The van der Waals surface area contributed by atoms with Crippen molar-refractivity contribution in [2.24, 2.45) is 0 Å². The molecular weight excluding hydrogens is 313 g/mol. The largest absolute Gasteiger partial charge is 0.321 e. The summed E-state index contributed by atoms with van der Waals surface area (Å²) in [5, 5.41) is 0. The van der Waals surface area contributed by atoms with Gasteiger partial charge < -0.3 is 4.90 Å². The summed E-state index contributed by atoms with van der Waals surface area (Å²) < 4.78 is 0.106. The van der Waals surface area contributed by atoms with Gasteiger partial charge >= 0.3 is 0 Å². The summed E-state index contributed by atoms with van der Waals surface area (Å²) in [6, 6.07) is 10.1. The van der Waals surface area contributed by atoms with Gasteiger partial charge in [0.05, 0.1) is 3.55 Å². The van der Waals surface area contributed by atoms with E-state index in [2.05, 4.69) is 27.5 Å². The molecule has 1 amide bonds. The molecule has 2 nitrogen and oxygen atoms in total. The number of hydrogen-bond donors (Lipinski definition) is 0. The number of alkyl halides is 1. The number of nitrogens with zero attached hydrogens (tertiary/aromatic N) is 1. The number of carbonyl (C=O) groups excluding carboxylic acids is 1. The SMILES string of the molecule is O=C(c1ccccc1)N1C2CCC1(I)CC2. The second-order valence-electron chi connectivity index (χ2n) is 4.69. The van der Waals surface area contributed by atoms with Crippen LogP contribution in [0.4, 0.5) is 0 Å². The third kappa shape index (κ3) is 1.48. The molecular formula is C13H14INO. The Morgan fingerprint density at radius 1 is 1.25 bits per heavy atom. The van der Waals surface area contributed by atoms with E-state index in [-0.39, 0.29) is 9.45 Å². The lowest BCUT2D eigenvalue weighted by Crippen LogP contribution is -2.40. The molecule has 0 atom stereocenters. The zero-order valence-electron chi connectivity index (χ0n) is 9.03. The summed E-state index contributed by atoms with van der Waals surface area (Å²) in [6.45, 7) is 0. The van der Waals surface area contributed by atoms with Crippen LogP contribution in [-0.2, 0) is 0 Å². The van der Waals surface area contributed by atoms with Crippen molar-refractivity contribution in [2.45, 2.75) is 35.3 Å². The van der Waals surface area contributed by atoms with Gasteiger partial charge in [-0.25, -0.2) is 0 Å². The van der Waals surface area contributed by atoms with Crippen LogP contribution in [0.1, 0.15) is 36.0 Å². The van der Waals surface area contributed by atoms with Crippen molar-refractivity contribution < 1.29 is 4.79 Å². The quantitative estimate of drug-likeness (QED) is 0.441.